The fraction of sp³-hybridized carbons (Fsp3) is 0.500. The minimum atomic E-state index is -0.393. The molecule has 0 aliphatic carbocycles. The van der Waals surface area contributed by atoms with Gasteiger partial charge in [0.25, 0.3) is 0 Å². The summed E-state index contributed by atoms with van der Waals surface area (Å²) in [4.78, 5) is 27.2. The molecule has 1 rings (SSSR count). The lowest BCUT2D eigenvalue weighted by molar-refractivity contribution is -0.128. The van der Waals surface area contributed by atoms with E-state index in [-0.39, 0.29) is 11.8 Å². The van der Waals surface area contributed by atoms with Gasteiger partial charge in [0.1, 0.15) is 5.82 Å². The molecule has 0 aromatic carbocycles. The van der Waals surface area contributed by atoms with Crippen LogP contribution < -0.4 is 10.6 Å². The van der Waals surface area contributed by atoms with Crippen molar-refractivity contribution in [3.05, 3.63) is 24.4 Å². The molecule has 19 heavy (non-hydrogen) atoms. The molecule has 0 atom stereocenters. The van der Waals surface area contributed by atoms with Crippen LogP contribution in [0.2, 0.25) is 0 Å². The number of rotatable bonds is 5. The number of carbonyl (C=O) groups excluding carboxylic acids is 2. The van der Waals surface area contributed by atoms with Crippen molar-refractivity contribution in [1.82, 2.24) is 10.3 Å². The maximum absolute atomic E-state index is 11.6. The van der Waals surface area contributed by atoms with Crippen LogP contribution >= 0.6 is 0 Å². The van der Waals surface area contributed by atoms with Gasteiger partial charge in [-0.25, -0.2) is 4.98 Å². The number of nitrogens with one attached hydrogen (secondary N) is 2. The molecule has 0 radical (unpaired) electrons. The summed E-state index contributed by atoms with van der Waals surface area (Å²) >= 11 is 0. The van der Waals surface area contributed by atoms with E-state index in [1.165, 1.54) is 0 Å². The number of anilines is 1. The van der Waals surface area contributed by atoms with E-state index in [4.69, 9.17) is 0 Å². The Bertz CT molecular complexity index is 424. The molecule has 1 aromatic heterocycles. The molecule has 0 fully saturated rings. The zero-order valence-corrected chi connectivity index (χ0v) is 11.7. The van der Waals surface area contributed by atoms with Crippen LogP contribution in [0.25, 0.3) is 0 Å². The van der Waals surface area contributed by atoms with Crippen LogP contribution in [0.1, 0.15) is 33.6 Å². The van der Waals surface area contributed by atoms with E-state index in [9.17, 15) is 9.59 Å². The van der Waals surface area contributed by atoms with Crippen molar-refractivity contribution in [2.75, 3.05) is 11.9 Å². The molecule has 0 aliphatic heterocycles. The average molecular weight is 263 g/mol. The zero-order chi connectivity index (χ0) is 14.3. The summed E-state index contributed by atoms with van der Waals surface area (Å²) < 4.78 is 0. The Morgan fingerprint density at radius 3 is 2.58 bits per heavy atom. The van der Waals surface area contributed by atoms with Gasteiger partial charge in [-0.15, -0.1) is 0 Å². The highest BCUT2D eigenvalue weighted by atomic mass is 16.2. The molecule has 104 valence electrons. The smallest absolute Gasteiger partial charge is 0.225 e. The number of pyridine rings is 1. The molecule has 2 N–H and O–H groups in total. The van der Waals surface area contributed by atoms with E-state index in [0.29, 0.717) is 25.2 Å². The van der Waals surface area contributed by atoms with Gasteiger partial charge in [0, 0.05) is 24.6 Å². The summed E-state index contributed by atoms with van der Waals surface area (Å²) in [6.45, 7) is 6.08. The second kappa shape index (κ2) is 6.87. The lowest BCUT2D eigenvalue weighted by Crippen LogP contribution is -2.35. The Hall–Kier alpha value is -1.91. The number of hydrogen-bond donors (Lipinski definition) is 2. The van der Waals surface area contributed by atoms with Gasteiger partial charge < -0.3 is 10.6 Å². The van der Waals surface area contributed by atoms with Crippen molar-refractivity contribution < 1.29 is 9.59 Å². The van der Waals surface area contributed by atoms with Crippen LogP contribution in [0, 0.1) is 5.41 Å². The first-order valence-electron chi connectivity index (χ1n) is 6.39. The highest BCUT2D eigenvalue weighted by Gasteiger charge is 2.20. The summed E-state index contributed by atoms with van der Waals surface area (Å²) in [5, 5.41) is 5.50. The van der Waals surface area contributed by atoms with Crippen molar-refractivity contribution in [3.63, 3.8) is 0 Å². The Labute approximate surface area is 113 Å². The van der Waals surface area contributed by atoms with Gasteiger partial charge in [-0.2, -0.15) is 0 Å². The van der Waals surface area contributed by atoms with Crippen molar-refractivity contribution in [2.45, 2.75) is 33.6 Å². The topological polar surface area (TPSA) is 71.1 Å². The van der Waals surface area contributed by atoms with Crippen LogP contribution in [0.3, 0.4) is 0 Å². The van der Waals surface area contributed by atoms with E-state index in [0.717, 1.165) is 0 Å². The minimum Gasteiger partial charge on any atom is -0.356 e. The first kappa shape index (κ1) is 15.1. The number of amides is 2. The predicted octanol–water partition coefficient (Wildman–Crippen LogP) is 1.96. The lowest BCUT2D eigenvalue weighted by atomic mass is 9.96. The lowest BCUT2D eigenvalue weighted by Gasteiger charge is -2.17. The summed E-state index contributed by atoms with van der Waals surface area (Å²) in [5.74, 6) is 0.451. The third-order valence-electron chi connectivity index (χ3n) is 2.48. The Kier molecular flexibility index (Phi) is 5.48. The van der Waals surface area contributed by atoms with Gasteiger partial charge in [0.2, 0.25) is 11.8 Å². The predicted molar refractivity (Wildman–Crippen MR) is 74.6 cm³/mol. The largest absolute Gasteiger partial charge is 0.356 e. The second-order valence-electron chi connectivity index (χ2n) is 5.37. The SMILES string of the molecule is CC(C)(C)C(=O)NCCCC(=O)Nc1ccccn1. The number of nitrogens with zero attached hydrogens (tertiary/aromatic N) is 1. The quantitative estimate of drug-likeness (QED) is 0.798. The molecular weight excluding hydrogens is 242 g/mol. The Morgan fingerprint density at radius 2 is 2.00 bits per heavy atom. The first-order valence-corrected chi connectivity index (χ1v) is 6.39. The van der Waals surface area contributed by atoms with Crippen LogP contribution in [0.5, 0.6) is 0 Å². The maximum atomic E-state index is 11.6. The van der Waals surface area contributed by atoms with Crippen LogP contribution in [-0.2, 0) is 9.59 Å². The molecule has 1 heterocycles. The number of hydrogen-bond acceptors (Lipinski definition) is 3. The minimum absolute atomic E-state index is 0.00219. The van der Waals surface area contributed by atoms with Crippen molar-refractivity contribution >= 4 is 17.6 Å². The molecule has 0 bridgehead atoms. The molecule has 5 nitrogen and oxygen atoms in total. The van der Waals surface area contributed by atoms with Gasteiger partial charge in [-0.05, 0) is 18.6 Å². The van der Waals surface area contributed by atoms with Crippen molar-refractivity contribution in [1.29, 1.82) is 0 Å². The third-order valence-corrected chi connectivity index (χ3v) is 2.48. The summed E-state index contributed by atoms with van der Waals surface area (Å²) in [7, 11) is 0. The highest BCUT2D eigenvalue weighted by Crippen LogP contribution is 2.12. The van der Waals surface area contributed by atoms with Crippen LogP contribution in [-0.4, -0.2) is 23.3 Å². The fourth-order valence-electron chi connectivity index (χ4n) is 1.36. The van der Waals surface area contributed by atoms with Gasteiger partial charge in [-0.1, -0.05) is 26.8 Å². The van der Waals surface area contributed by atoms with Gasteiger partial charge in [0.05, 0.1) is 0 Å². The number of carbonyl (C=O) groups is 2. The molecular formula is C14H21N3O2. The van der Waals surface area contributed by atoms with Crippen LogP contribution in [0.4, 0.5) is 5.82 Å². The molecule has 1 aromatic rings. The van der Waals surface area contributed by atoms with E-state index < -0.39 is 5.41 Å². The molecule has 2 amide bonds. The average Bonchev–Trinajstić information content (AvgIpc) is 2.34. The van der Waals surface area contributed by atoms with Crippen molar-refractivity contribution in [2.24, 2.45) is 5.41 Å². The normalized spacial score (nSPS) is 10.9. The Morgan fingerprint density at radius 1 is 1.26 bits per heavy atom. The highest BCUT2D eigenvalue weighted by molar-refractivity contribution is 5.89. The standard InChI is InChI=1S/C14H21N3O2/c1-14(2,3)13(19)16-10-6-8-12(18)17-11-7-4-5-9-15-11/h4-5,7,9H,6,8,10H2,1-3H3,(H,16,19)(H,15,17,18). The van der Waals surface area contributed by atoms with E-state index in [1.807, 2.05) is 26.8 Å². The van der Waals surface area contributed by atoms with E-state index >= 15 is 0 Å². The van der Waals surface area contributed by atoms with E-state index in [2.05, 4.69) is 15.6 Å². The third kappa shape index (κ3) is 5.99. The summed E-state index contributed by atoms with van der Waals surface area (Å²) in [6, 6.07) is 5.34. The second-order valence-corrected chi connectivity index (χ2v) is 5.37. The van der Waals surface area contributed by atoms with Crippen LogP contribution in [0.15, 0.2) is 24.4 Å². The van der Waals surface area contributed by atoms with Gasteiger partial charge in [0.15, 0.2) is 0 Å². The molecule has 0 saturated carbocycles. The monoisotopic (exact) mass is 263 g/mol. The molecule has 0 saturated heterocycles. The fourth-order valence-corrected chi connectivity index (χ4v) is 1.36. The molecule has 0 unspecified atom stereocenters. The summed E-state index contributed by atoms with van der Waals surface area (Å²) in [5.41, 5.74) is -0.393. The first-order chi connectivity index (χ1) is 8.89. The Balaban J connectivity index is 2.20. The number of aromatic nitrogens is 1. The summed E-state index contributed by atoms with van der Waals surface area (Å²) in [6.07, 6.45) is 2.60. The maximum Gasteiger partial charge on any atom is 0.225 e. The molecule has 5 heteroatoms. The zero-order valence-electron chi connectivity index (χ0n) is 11.7. The van der Waals surface area contributed by atoms with E-state index in [1.54, 1.807) is 18.3 Å². The van der Waals surface area contributed by atoms with Crippen molar-refractivity contribution in [3.8, 4) is 0 Å². The van der Waals surface area contributed by atoms with Gasteiger partial charge >= 0.3 is 0 Å². The molecule has 0 aliphatic rings. The van der Waals surface area contributed by atoms with Gasteiger partial charge in [-0.3, -0.25) is 9.59 Å². The molecule has 0 spiro atoms.